The number of aliphatic hydroxyl groups excluding tert-OH is 1. The number of aliphatic hydroxyl groups is 1. The van der Waals surface area contributed by atoms with Crippen LogP contribution in [0.1, 0.15) is 17.2 Å². The highest BCUT2D eigenvalue weighted by Gasteiger charge is 2.14. The van der Waals surface area contributed by atoms with Gasteiger partial charge in [0.15, 0.2) is 0 Å². The highest BCUT2D eigenvalue weighted by atomic mass is 16.3. The average Bonchev–Trinajstić information content (AvgIpc) is 2.83. The maximum Gasteiger partial charge on any atom is 0.106 e. The molecule has 2 heterocycles. The van der Waals surface area contributed by atoms with Gasteiger partial charge in [-0.25, -0.2) is 0 Å². The number of nitrogens with zero attached hydrogens (tertiary/aromatic N) is 1. The Balaban J connectivity index is 2.10. The number of fused-ring (bicyclic) bond motifs is 1. The van der Waals surface area contributed by atoms with E-state index in [1.54, 1.807) is 12.4 Å². The van der Waals surface area contributed by atoms with E-state index in [1.165, 1.54) is 0 Å². The second kappa shape index (κ2) is 4.03. The molecule has 0 amide bonds. The van der Waals surface area contributed by atoms with Gasteiger partial charge in [-0.15, -0.1) is 0 Å². The number of pyridine rings is 1. The highest BCUT2D eigenvalue weighted by Crippen LogP contribution is 2.27. The monoisotopic (exact) mass is 224 g/mol. The van der Waals surface area contributed by atoms with Crippen molar-refractivity contribution in [3.05, 3.63) is 66.1 Å². The van der Waals surface area contributed by atoms with Crippen molar-refractivity contribution in [2.24, 2.45) is 0 Å². The van der Waals surface area contributed by atoms with Gasteiger partial charge in [0.2, 0.25) is 0 Å². The van der Waals surface area contributed by atoms with E-state index in [1.807, 2.05) is 42.6 Å². The van der Waals surface area contributed by atoms with E-state index in [4.69, 9.17) is 0 Å². The van der Waals surface area contributed by atoms with Crippen LogP contribution in [0.4, 0.5) is 0 Å². The lowest BCUT2D eigenvalue weighted by Gasteiger charge is -2.09. The minimum absolute atomic E-state index is 0.604. The van der Waals surface area contributed by atoms with Gasteiger partial charge in [0.05, 0.1) is 11.7 Å². The molecule has 0 spiro atoms. The largest absolute Gasteiger partial charge is 0.384 e. The van der Waals surface area contributed by atoms with Crippen molar-refractivity contribution in [1.29, 1.82) is 0 Å². The molecule has 0 aliphatic carbocycles. The first kappa shape index (κ1) is 10.1. The van der Waals surface area contributed by atoms with Gasteiger partial charge in [0.25, 0.3) is 0 Å². The van der Waals surface area contributed by atoms with Crippen molar-refractivity contribution in [1.82, 2.24) is 9.97 Å². The van der Waals surface area contributed by atoms with Crippen molar-refractivity contribution in [2.75, 3.05) is 0 Å². The van der Waals surface area contributed by atoms with Crippen LogP contribution in [0.5, 0.6) is 0 Å². The Morgan fingerprint density at radius 3 is 2.76 bits per heavy atom. The first-order valence-corrected chi connectivity index (χ1v) is 5.50. The lowest BCUT2D eigenvalue weighted by Crippen LogP contribution is -1.97. The molecule has 3 nitrogen and oxygen atoms in total. The quantitative estimate of drug-likeness (QED) is 0.703. The smallest absolute Gasteiger partial charge is 0.106 e. The molecule has 17 heavy (non-hydrogen) atoms. The molecule has 0 radical (unpaired) electrons. The number of nitrogens with one attached hydrogen (secondary N) is 1. The molecule has 0 unspecified atom stereocenters. The van der Waals surface area contributed by atoms with Crippen LogP contribution in [0.15, 0.2) is 55.0 Å². The number of hydrogen-bond acceptors (Lipinski definition) is 2. The molecule has 0 saturated heterocycles. The van der Waals surface area contributed by atoms with Crippen molar-refractivity contribution in [2.45, 2.75) is 6.10 Å². The molecule has 3 rings (SSSR count). The van der Waals surface area contributed by atoms with E-state index in [0.29, 0.717) is 0 Å². The third-order valence-corrected chi connectivity index (χ3v) is 2.93. The Morgan fingerprint density at radius 1 is 1.12 bits per heavy atom. The standard InChI is InChI=1S/C14H12N2O/c17-14(10-4-2-1-3-5-10)12-8-16-13-9-15-7-6-11(12)13/h1-9,14,16-17H/t14-/m1/s1. The molecular formula is C14H12N2O. The maximum absolute atomic E-state index is 10.3. The normalized spacial score (nSPS) is 12.8. The van der Waals surface area contributed by atoms with E-state index in [0.717, 1.165) is 22.0 Å². The number of H-pyrrole nitrogens is 1. The second-order valence-corrected chi connectivity index (χ2v) is 3.98. The number of hydrogen-bond donors (Lipinski definition) is 2. The van der Waals surface area contributed by atoms with Crippen LogP contribution in [0.2, 0.25) is 0 Å². The maximum atomic E-state index is 10.3. The van der Waals surface area contributed by atoms with Crippen LogP contribution >= 0.6 is 0 Å². The number of aromatic amines is 1. The molecule has 84 valence electrons. The van der Waals surface area contributed by atoms with E-state index in [2.05, 4.69) is 9.97 Å². The molecule has 1 atom stereocenters. The van der Waals surface area contributed by atoms with E-state index in [9.17, 15) is 5.11 Å². The van der Waals surface area contributed by atoms with Gasteiger partial charge in [0, 0.05) is 23.3 Å². The fourth-order valence-electron chi connectivity index (χ4n) is 2.04. The Morgan fingerprint density at radius 2 is 1.94 bits per heavy atom. The van der Waals surface area contributed by atoms with Gasteiger partial charge >= 0.3 is 0 Å². The zero-order valence-electron chi connectivity index (χ0n) is 9.17. The minimum atomic E-state index is -0.604. The summed E-state index contributed by atoms with van der Waals surface area (Å²) in [6, 6.07) is 11.5. The molecule has 3 heteroatoms. The summed E-state index contributed by atoms with van der Waals surface area (Å²) >= 11 is 0. The minimum Gasteiger partial charge on any atom is -0.384 e. The molecule has 2 N–H and O–H groups in total. The zero-order chi connectivity index (χ0) is 11.7. The summed E-state index contributed by atoms with van der Waals surface area (Å²) in [6.45, 7) is 0. The van der Waals surface area contributed by atoms with Gasteiger partial charge < -0.3 is 10.1 Å². The summed E-state index contributed by atoms with van der Waals surface area (Å²) in [4.78, 5) is 7.16. The summed E-state index contributed by atoms with van der Waals surface area (Å²) in [6.07, 6.45) is 4.73. The van der Waals surface area contributed by atoms with Gasteiger partial charge in [-0.3, -0.25) is 4.98 Å². The predicted molar refractivity (Wildman–Crippen MR) is 66.6 cm³/mol. The SMILES string of the molecule is O[C@H](c1ccccc1)c1c[nH]c2cnccc12. The van der Waals surface area contributed by atoms with Crippen molar-refractivity contribution < 1.29 is 5.11 Å². The molecular weight excluding hydrogens is 212 g/mol. The lowest BCUT2D eigenvalue weighted by molar-refractivity contribution is 0.222. The van der Waals surface area contributed by atoms with Crippen molar-refractivity contribution >= 4 is 10.9 Å². The summed E-state index contributed by atoms with van der Waals surface area (Å²) in [5.74, 6) is 0. The van der Waals surface area contributed by atoms with Gasteiger partial charge in [-0.05, 0) is 11.6 Å². The molecule has 1 aromatic carbocycles. The number of rotatable bonds is 2. The third kappa shape index (κ3) is 1.70. The summed E-state index contributed by atoms with van der Waals surface area (Å²) in [5.41, 5.74) is 2.72. The van der Waals surface area contributed by atoms with Gasteiger partial charge in [0.1, 0.15) is 6.10 Å². The van der Waals surface area contributed by atoms with E-state index < -0.39 is 6.10 Å². The molecule has 0 aliphatic rings. The van der Waals surface area contributed by atoms with E-state index >= 15 is 0 Å². The van der Waals surface area contributed by atoms with Crippen LogP contribution in [0.3, 0.4) is 0 Å². The zero-order valence-corrected chi connectivity index (χ0v) is 9.17. The summed E-state index contributed by atoms with van der Waals surface area (Å²) < 4.78 is 0. The summed E-state index contributed by atoms with van der Waals surface area (Å²) in [7, 11) is 0. The molecule has 0 bridgehead atoms. The molecule has 0 saturated carbocycles. The van der Waals surface area contributed by atoms with Crippen LogP contribution in [-0.4, -0.2) is 15.1 Å². The summed E-state index contributed by atoms with van der Waals surface area (Å²) in [5, 5.41) is 11.3. The highest BCUT2D eigenvalue weighted by molar-refractivity contribution is 5.82. The molecule has 0 aliphatic heterocycles. The fourth-order valence-corrected chi connectivity index (χ4v) is 2.04. The second-order valence-electron chi connectivity index (χ2n) is 3.98. The predicted octanol–water partition coefficient (Wildman–Crippen LogP) is 2.64. The van der Waals surface area contributed by atoms with Crippen molar-refractivity contribution in [3.8, 4) is 0 Å². The van der Waals surface area contributed by atoms with Crippen LogP contribution < -0.4 is 0 Å². The topological polar surface area (TPSA) is 48.9 Å². The first-order valence-electron chi connectivity index (χ1n) is 5.50. The van der Waals surface area contributed by atoms with Crippen LogP contribution in [-0.2, 0) is 0 Å². The van der Waals surface area contributed by atoms with Crippen LogP contribution in [0.25, 0.3) is 10.9 Å². The van der Waals surface area contributed by atoms with E-state index in [-0.39, 0.29) is 0 Å². The lowest BCUT2D eigenvalue weighted by atomic mass is 10.0. The Bertz CT molecular complexity index is 631. The number of benzene rings is 1. The Labute approximate surface area is 98.8 Å². The Hall–Kier alpha value is -2.13. The van der Waals surface area contributed by atoms with Crippen molar-refractivity contribution in [3.63, 3.8) is 0 Å². The molecule has 2 aromatic heterocycles. The third-order valence-electron chi connectivity index (χ3n) is 2.93. The fraction of sp³-hybridized carbons (Fsp3) is 0.0714. The number of aromatic nitrogens is 2. The van der Waals surface area contributed by atoms with Gasteiger partial charge in [-0.1, -0.05) is 30.3 Å². The average molecular weight is 224 g/mol. The molecule has 0 fully saturated rings. The van der Waals surface area contributed by atoms with Crippen LogP contribution in [0, 0.1) is 0 Å². The first-order chi connectivity index (χ1) is 8.36. The Kier molecular flexibility index (Phi) is 2.38. The molecule has 3 aromatic rings. The van der Waals surface area contributed by atoms with Gasteiger partial charge in [-0.2, -0.15) is 0 Å².